The topological polar surface area (TPSA) is 9.23 Å². The smallest absolute Gasteiger partial charge is 0.0945 e. The van der Waals surface area contributed by atoms with Crippen LogP contribution in [0.15, 0.2) is 12.3 Å². The number of methoxy groups -OCH3 is 1. The van der Waals surface area contributed by atoms with Crippen molar-refractivity contribution in [3.05, 3.63) is 12.3 Å². The van der Waals surface area contributed by atoms with Crippen molar-refractivity contribution in [3.8, 4) is 0 Å². The van der Waals surface area contributed by atoms with Crippen molar-refractivity contribution in [2.24, 2.45) is 40.9 Å². The number of ether oxygens (including phenoxy) is 1. The molecule has 3 aliphatic rings. The number of allylic oxidation sites excluding steroid dienone is 1. The molecule has 7 atom stereocenters. The highest BCUT2D eigenvalue weighted by Gasteiger charge is 2.64. The van der Waals surface area contributed by atoms with Crippen molar-refractivity contribution in [1.29, 1.82) is 0 Å². The quantitative estimate of drug-likeness (QED) is 0.656. The van der Waals surface area contributed by atoms with E-state index in [4.69, 9.17) is 4.74 Å². The molecule has 1 nitrogen and oxygen atoms in total. The van der Waals surface area contributed by atoms with Gasteiger partial charge in [-0.3, -0.25) is 0 Å². The summed E-state index contributed by atoms with van der Waals surface area (Å²) in [5.74, 6) is 6.75. The molecule has 2 bridgehead atoms. The van der Waals surface area contributed by atoms with E-state index in [1.165, 1.54) is 32.1 Å². The normalized spacial score (nSPS) is 51.4. The Balaban J connectivity index is 1.88. The Labute approximate surface area is 118 Å². The van der Waals surface area contributed by atoms with Gasteiger partial charge >= 0.3 is 0 Å². The molecule has 0 aromatic rings. The highest BCUT2D eigenvalue weighted by Crippen LogP contribution is 2.70. The van der Waals surface area contributed by atoms with Crippen LogP contribution in [0.1, 0.15) is 52.9 Å². The molecule has 0 aromatic carbocycles. The van der Waals surface area contributed by atoms with Crippen LogP contribution in [0.5, 0.6) is 0 Å². The fraction of sp³-hybridized carbons (Fsp3) is 0.889. The maximum atomic E-state index is 5.57. The second kappa shape index (κ2) is 4.53. The molecule has 0 N–H and O–H groups in total. The largest absolute Gasteiger partial charge is 0.501 e. The van der Waals surface area contributed by atoms with Crippen LogP contribution >= 0.6 is 0 Å². The van der Waals surface area contributed by atoms with E-state index in [9.17, 15) is 0 Å². The molecule has 0 saturated heterocycles. The summed E-state index contributed by atoms with van der Waals surface area (Å²) >= 11 is 0. The molecule has 19 heavy (non-hydrogen) atoms. The van der Waals surface area contributed by atoms with Gasteiger partial charge in [0, 0.05) is 5.41 Å². The second-order valence-electron chi connectivity index (χ2n) is 7.77. The zero-order valence-corrected chi connectivity index (χ0v) is 13.1. The molecule has 7 unspecified atom stereocenters. The van der Waals surface area contributed by atoms with E-state index in [0.717, 1.165) is 41.3 Å². The van der Waals surface area contributed by atoms with E-state index < -0.39 is 0 Å². The lowest BCUT2D eigenvalue weighted by molar-refractivity contribution is 0.0489. The summed E-state index contributed by atoms with van der Waals surface area (Å²) in [5.41, 5.74) is 0.261. The van der Waals surface area contributed by atoms with Crippen LogP contribution in [0.2, 0.25) is 0 Å². The number of hydrogen-bond donors (Lipinski definition) is 0. The molecule has 0 amide bonds. The Bertz CT molecular complexity index is 374. The number of rotatable bonds is 4. The highest BCUT2D eigenvalue weighted by atomic mass is 16.5. The minimum atomic E-state index is 0.261. The van der Waals surface area contributed by atoms with Gasteiger partial charge in [-0.15, -0.1) is 0 Å². The molecule has 0 spiro atoms. The number of hydrogen-bond acceptors (Lipinski definition) is 1. The average molecular weight is 262 g/mol. The highest BCUT2D eigenvalue weighted by molar-refractivity contribution is 5.18. The van der Waals surface area contributed by atoms with Crippen LogP contribution in [0.4, 0.5) is 0 Å². The molecule has 0 heterocycles. The summed E-state index contributed by atoms with van der Waals surface area (Å²) in [5, 5.41) is 0. The lowest BCUT2D eigenvalue weighted by Crippen LogP contribution is -2.37. The molecule has 1 heteroatoms. The first-order chi connectivity index (χ1) is 9.02. The molecule has 108 valence electrons. The first-order valence-electron chi connectivity index (χ1n) is 8.26. The third-order valence-corrected chi connectivity index (χ3v) is 6.93. The molecular formula is C18H30O. The van der Waals surface area contributed by atoms with Gasteiger partial charge in [0.05, 0.1) is 12.9 Å². The molecule has 3 rings (SSSR count). The van der Waals surface area contributed by atoms with Crippen molar-refractivity contribution < 1.29 is 4.74 Å². The van der Waals surface area contributed by atoms with Gasteiger partial charge in [-0.25, -0.2) is 0 Å². The van der Waals surface area contributed by atoms with Crippen LogP contribution in [0.3, 0.4) is 0 Å². The number of fused-ring (bicyclic) bond motifs is 5. The van der Waals surface area contributed by atoms with Crippen molar-refractivity contribution in [2.45, 2.75) is 52.9 Å². The van der Waals surface area contributed by atoms with E-state index in [1.807, 2.05) is 0 Å². The Kier molecular flexibility index (Phi) is 3.22. The minimum absolute atomic E-state index is 0.261. The average Bonchev–Trinajstić information content (AvgIpc) is 3.00. The van der Waals surface area contributed by atoms with Crippen LogP contribution in [0, 0.1) is 40.9 Å². The fourth-order valence-electron chi connectivity index (χ4n) is 6.34. The van der Waals surface area contributed by atoms with E-state index in [1.54, 1.807) is 7.11 Å². The van der Waals surface area contributed by atoms with E-state index in [2.05, 4.69) is 27.4 Å². The summed E-state index contributed by atoms with van der Waals surface area (Å²) < 4.78 is 5.57. The van der Waals surface area contributed by atoms with Crippen LogP contribution in [0.25, 0.3) is 0 Å². The molecule has 0 radical (unpaired) electrons. The van der Waals surface area contributed by atoms with Crippen molar-refractivity contribution in [2.75, 3.05) is 7.11 Å². The Morgan fingerprint density at radius 2 is 2.05 bits per heavy atom. The van der Waals surface area contributed by atoms with Crippen molar-refractivity contribution >= 4 is 0 Å². The molecule has 0 aromatic heterocycles. The van der Waals surface area contributed by atoms with E-state index in [0.29, 0.717) is 0 Å². The Hall–Kier alpha value is -0.460. The lowest BCUT2D eigenvalue weighted by Gasteiger charge is -2.43. The van der Waals surface area contributed by atoms with Gasteiger partial charge in [-0.1, -0.05) is 40.2 Å². The van der Waals surface area contributed by atoms with Crippen LogP contribution < -0.4 is 0 Å². The summed E-state index contributed by atoms with van der Waals surface area (Å²) in [6.45, 7) is 11.5. The fourth-order valence-corrected chi connectivity index (χ4v) is 6.34. The van der Waals surface area contributed by atoms with Crippen LogP contribution in [-0.2, 0) is 4.74 Å². The van der Waals surface area contributed by atoms with Gasteiger partial charge in [0.1, 0.15) is 0 Å². The molecule has 3 saturated carbocycles. The Morgan fingerprint density at radius 3 is 2.68 bits per heavy atom. The van der Waals surface area contributed by atoms with Gasteiger partial charge in [0.2, 0.25) is 0 Å². The van der Waals surface area contributed by atoms with E-state index in [-0.39, 0.29) is 5.41 Å². The second-order valence-corrected chi connectivity index (χ2v) is 7.77. The van der Waals surface area contributed by atoms with Gasteiger partial charge in [-0.05, 0) is 54.8 Å². The Morgan fingerprint density at radius 1 is 1.32 bits per heavy atom. The van der Waals surface area contributed by atoms with Gasteiger partial charge in [0.25, 0.3) is 0 Å². The first kappa shape index (κ1) is 13.5. The lowest BCUT2D eigenvalue weighted by atomic mass is 9.63. The van der Waals surface area contributed by atoms with Gasteiger partial charge in [-0.2, -0.15) is 0 Å². The van der Waals surface area contributed by atoms with Gasteiger partial charge in [0.15, 0.2) is 0 Å². The monoisotopic (exact) mass is 262 g/mol. The first-order valence-corrected chi connectivity index (χ1v) is 8.26. The zero-order chi connectivity index (χ0) is 13.8. The SMILES string of the molecule is C=C(OC)C1(C)CC2CC1C1C(CCC)CC(C)C21. The van der Waals surface area contributed by atoms with Crippen molar-refractivity contribution in [3.63, 3.8) is 0 Å². The molecule has 3 fully saturated rings. The third kappa shape index (κ3) is 1.73. The van der Waals surface area contributed by atoms with Gasteiger partial charge < -0.3 is 4.74 Å². The minimum Gasteiger partial charge on any atom is -0.501 e. The molecular weight excluding hydrogens is 232 g/mol. The standard InChI is InChI=1S/C18H30O/c1-6-7-13-8-11(2)16-14-9-15(17(13)16)18(4,10-14)12(3)19-5/h11,13-17H,3,6-10H2,1-2,4-5H3. The molecule has 3 aliphatic carbocycles. The van der Waals surface area contributed by atoms with E-state index >= 15 is 0 Å². The summed E-state index contributed by atoms with van der Waals surface area (Å²) in [6, 6.07) is 0. The van der Waals surface area contributed by atoms with Crippen molar-refractivity contribution in [1.82, 2.24) is 0 Å². The van der Waals surface area contributed by atoms with Crippen LogP contribution in [-0.4, -0.2) is 7.11 Å². The zero-order valence-electron chi connectivity index (χ0n) is 13.1. The predicted molar refractivity (Wildman–Crippen MR) is 79.6 cm³/mol. The predicted octanol–water partition coefficient (Wildman–Crippen LogP) is 4.88. The third-order valence-electron chi connectivity index (χ3n) is 6.93. The summed E-state index contributed by atoms with van der Waals surface area (Å²) in [6.07, 6.45) is 7.03. The summed E-state index contributed by atoms with van der Waals surface area (Å²) in [4.78, 5) is 0. The maximum absolute atomic E-state index is 5.57. The summed E-state index contributed by atoms with van der Waals surface area (Å²) in [7, 11) is 1.80. The maximum Gasteiger partial charge on any atom is 0.0945 e. The molecule has 0 aliphatic heterocycles.